The summed E-state index contributed by atoms with van der Waals surface area (Å²) >= 11 is 3.40. The van der Waals surface area contributed by atoms with Crippen molar-refractivity contribution in [3.8, 4) is 0 Å². The fourth-order valence-corrected chi connectivity index (χ4v) is 2.50. The van der Waals surface area contributed by atoms with E-state index in [-0.39, 0.29) is 11.8 Å². The zero-order valence-electron chi connectivity index (χ0n) is 11.4. The molecule has 0 radical (unpaired) electrons. The quantitative estimate of drug-likeness (QED) is 0.813. The molecular weight excluding hydrogens is 306 g/mol. The molecule has 0 amide bonds. The average molecular weight is 322 g/mol. The molecule has 4 nitrogen and oxygen atoms in total. The zero-order chi connectivity index (χ0) is 14.2. The number of pyridine rings is 1. The van der Waals surface area contributed by atoms with E-state index < -0.39 is 0 Å². The van der Waals surface area contributed by atoms with Crippen LogP contribution in [0.1, 0.15) is 47.3 Å². The van der Waals surface area contributed by atoms with Gasteiger partial charge in [0.1, 0.15) is 5.69 Å². The molecule has 19 heavy (non-hydrogen) atoms. The van der Waals surface area contributed by atoms with Gasteiger partial charge in [0, 0.05) is 23.0 Å². The van der Waals surface area contributed by atoms with Crippen LogP contribution >= 0.6 is 15.9 Å². The van der Waals surface area contributed by atoms with Gasteiger partial charge in [-0.2, -0.15) is 5.10 Å². The van der Waals surface area contributed by atoms with Gasteiger partial charge >= 0.3 is 0 Å². The van der Waals surface area contributed by atoms with Crippen molar-refractivity contribution in [3.05, 3.63) is 45.4 Å². The topological polar surface area (TPSA) is 47.8 Å². The standard InChI is InChI=1S/C14H16BrN3O/c1-8(2)18-13(12(15)7-16-18)14(19)11-5-9(3)17-10(4)6-11/h5-8H,1-4H3. The monoisotopic (exact) mass is 321 g/mol. The van der Waals surface area contributed by atoms with Crippen LogP contribution in [0.25, 0.3) is 0 Å². The first-order chi connectivity index (χ1) is 8.90. The van der Waals surface area contributed by atoms with Gasteiger partial charge in [0.25, 0.3) is 0 Å². The van der Waals surface area contributed by atoms with E-state index in [0.29, 0.717) is 11.3 Å². The summed E-state index contributed by atoms with van der Waals surface area (Å²) in [5.74, 6) is -0.0355. The minimum absolute atomic E-state index is 0.0355. The van der Waals surface area contributed by atoms with Gasteiger partial charge in [0.2, 0.25) is 5.78 Å². The lowest BCUT2D eigenvalue weighted by Crippen LogP contribution is -2.14. The zero-order valence-corrected chi connectivity index (χ0v) is 13.0. The van der Waals surface area contributed by atoms with E-state index in [1.807, 2.05) is 27.7 Å². The molecule has 2 heterocycles. The number of aryl methyl sites for hydroxylation is 2. The molecule has 2 aromatic heterocycles. The number of hydrogen-bond donors (Lipinski definition) is 0. The van der Waals surface area contributed by atoms with Gasteiger partial charge < -0.3 is 0 Å². The molecule has 2 rings (SSSR count). The molecular formula is C14H16BrN3O. The van der Waals surface area contributed by atoms with Gasteiger partial charge in [-0.1, -0.05) is 0 Å². The Hall–Kier alpha value is -1.49. The molecule has 0 aliphatic rings. The highest BCUT2D eigenvalue weighted by Crippen LogP contribution is 2.23. The van der Waals surface area contributed by atoms with Gasteiger partial charge in [-0.3, -0.25) is 14.5 Å². The maximum atomic E-state index is 12.6. The van der Waals surface area contributed by atoms with Crippen molar-refractivity contribution in [1.29, 1.82) is 0 Å². The first-order valence-corrected chi connectivity index (χ1v) is 6.92. The third-order valence-corrected chi connectivity index (χ3v) is 3.38. The molecule has 0 atom stereocenters. The fraction of sp³-hybridized carbons (Fsp3) is 0.357. The van der Waals surface area contributed by atoms with Gasteiger partial charge in [-0.15, -0.1) is 0 Å². The van der Waals surface area contributed by atoms with Crippen LogP contribution in [0, 0.1) is 13.8 Å². The summed E-state index contributed by atoms with van der Waals surface area (Å²) in [7, 11) is 0. The summed E-state index contributed by atoms with van der Waals surface area (Å²) in [6.07, 6.45) is 1.66. The first-order valence-electron chi connectivity index (χ1n) is 6.13. The molecule has 0 aliphatic carbocycles. The van der Waals surface area contributed by atoms with Crippen LogP contribution in [-0.4, -0.2) is 20.5 Å². The Kier molecular flexibility index (Phi) is 3.85. The molecule has 0 saturated heterocycles. The lowest BCUT2D eigenvalue weighted by atomic mass is 10.1. The molecule has 0 spiro atoms. The second-order valence-electron chi connectivity index (χ2n) is 4.85. The maximum absolute atomic E-state index is 12.6. The molecule has 0 saturated carbocycles. The minimum atomic E-state index is -0.0355. The second kappa shape index (κ2) is 5.25. The summed E-state index contributed by atoms with van der Waals surface area (Å²) in [6.45, 7) is 7.77. The van der Waals surface area contributed by atoms with Crippen LogP contribution in [0.4, 0.5) is 0 Å². The normalized spacial score (nSPS) is 11.1. The highest BCUT2D eigenvalue weighted by Gasteiger charge is 2.20. The molecule has 2 aromatic rings. The predicted molar refractivity (Wildman–Crippen MR) is 77.5 cm³/mol. The minimum Gasteiger partial charge on any atom is -0.287 e. The Labute approximate surface area is 121 Å². The SMILES string of the molecule is Cc1cc(C(=O)c2c(Br)cnn2C(C)C)cc(C)n1. The van der Waals surface area contributed by atoms with Gasteiger partial charge in [-0.05, 0) is 55.8 Å². The molecule has 5 heteroatoms. The molecule has 0 bridgehead atoms. The van der Waals surface area contributed by atoms with Crippen LogP contribution in [0.2, 0.25) is 0 Å². The van der Waals surface area contributed by atoms with Crippen molar-refractivity contribution in [3.63, 3.8) is 0 Å². The van der Waals surface area contributed by atoms with Crippen molar-refractivity contribution < 1.29 is 4.79 Å². The molecule has 100 valence electrons. The summed E-state index contributed by atoms with van der Waals surface area (Å²) in [5.41, 5.74) is 2.92. The van der Waals surface area contributed by atoms with Gasteiger partial charge in [0.05, 0.1) is 10.7 Å². The maximum Gasteiger partial charge on any atom is 0.212 e. The summed E-state index contributed by atoms with van der Waals surface area (Å²) in [4.78, 5) is 16.9. The summed E-state index contributed by atoms with van der Waals surface area (Å²) in [5, 5.41) is 4.24. The lowest BCUT2D eigenvalue weighted by molar-refractivity contribution is 0.102. The number of rotatable bonds is 3. The Morgan fingerprint density at radius 3 is 2.37 bits per heavy atom. The van der Waals surface area contributed by atoms with E-state index >= 15 is 0 Å². The van der Waals surface area contributed by atoms with E-state index in [1.54, 1.807) is 23.0 Å². The second-order valence-corrected chi connectivity index (χ2v) is 5.70. The van der Waals surface area contributed by atoms with E-state index in [0.717, 1.165) is 15.9 Å². The number of ketones is 1. The number of carbonyl (C=O) groups is 1. The summed E-state index contributed by atoms with van der Waals surface area (Å²) in [6, 6.07) is 3.74. The van der Waals surface area contributed by atoms with Crippen LogP contribution < -0.4 is 0 Å². The third kappa shape index (κ3) is 2.76. The Morgan fingerprint density at radius 2 is 1.84 bits per heavy atom. The highest BCUT2D eigenvalue weighted by molar-refractivity contribution is 9.10. The number of halogens is 1. The molecule has 0 N–H and O–H groups in total. The molecule has 0 unspecified atom stereocenters. The van der Waals surface area contributed by atoms with Gasteiger partial charge in [0.15, 0.2) is 0 Å². The number of carbonyl (C=O) groups excluding carboxylic acids is 1. The van der Waals surface area contributed by atoms with Gasteiger partial charge in [-0.25, -0.2) is 0 Å². The number of aromatic nitrogens is 3. The predicted octanol–water partition coefficient (Wildman–Crippen LogP) is 3.47. The highest BCUT2D eigenvalue weighted by atomic mass is 79.9. The van der Waals surface area contributed by atoms with Crippen molar-refractivity contribution in [2.75, 3.05) is 0 Å². The van der Waals surface area contributed by atoms with Crippen LogP contribution in [-0.2, 0) is 0 Å². The van der Waals surface area contributed by atoms with Crippen LogP contribution in [0.5, 0.6) is 0 Å². The summed E-state index contributed by atoms with van der Waals surface area (Å²) < 4.78 is 2.45. The number of nitrogens with zero attached hydrogens (tertiary/aromatic N) is 3. The lowest BCUT2D eigenvalue weighted by Gasteiger charge is -2.11. The van der Waals surface area contributed by atoms with E-state index in [2.05, 4.69) is 26.0 Å². The number of hydrogen-bond acceptors (Lipinski definition) is 3. The average Bonchev–Trinajstić information content (AvgIpc) is 2.69. The molecule has 0 fully saturated rings. The van der Waals surface area contributed by atoms with Crippen molar-refractivity contribution in [2.24, 2.45) is 0 Å². The largest absolute Gasteiger partial charge is 0.287 e. The first kappa shape index (κ1) is 13.9. The third-order valence-electron chi connectivity index (χ3n) is 2.80. The Morgan fingerprint density at radius 1 is 1.26 bits per heavy atom. The Bertz CT molecular complexity index is 611. The van der Waals surface area contributed by atoms with E-state index in [4.69, 9.17) is 0 Å². The molecule has 0 aromatic carbocycles. The smallest absolute Gasteiger partial charge is 0.212 e. The van der Waals surface area contributed by atoms with Crippen LogP contribution in [0.3, 0.4) is 0 Å². The van der Waals surface area contributed by atoms with E-state index in [9.17, 15) is 4.79 Å². The van der Waals surface area contributed by atoms with Crippen molar-refractivity contribution in [2.45, 2.75) is 33.7 Å². The van der Waals surface area contributed by atoms with Crippen LogP contribution in [0.15, 0.2) is 22.8 Å². The van der Waals surface area contributed by atoms with Crippen molar-refractivity contribution >= 4 is 21.7 Å². The fourth-order valence-electron chi connectivity index (χ4n) is 2.05. The Balaban J connectivity index is 2.53. The van der Waals surface area contributed by atoms with E-state index in [1.165, 1.54) is 0 Å². The molecule has 0 aliphatic heterocycles. The van der Waals surface area contributed by atoms with Crippen molar-refractivity contribution in [1.82, 2.24) is 14.8 Å².